The highest BCUT2D eigenvalue weighted by Gasteiger charge is 2.25. The van der Waals surface area contributed by atoms with Crippen molar-refractivity contribution in [1.82, 2.24) is 9.88 Å². The molecule has 22 heavy (non-hydrogen) atoms. The maximum atomic E-state index is 11.5. The van der Waals surface area contributed by atoms with Gasteiger partial charge in [-0.3, -0.25) is 9.69 Å². The number of cyclic esters (lactones) is 1. The summed E-state index contributed by atoms with van der Waals surface area (Å²) in [5.74, 6) is 1.42. The van der Waals surface area contributed by atoms with Crippen LogP contribution in [0.2, 0.25) is 0 Å². The highest BCUT2D eigenvalue weighted by molar-refractivity contribution is 5.88. The predicted octanol–water partition coefficient (Wildman–Crippen LogP) is 1.84. The molecule has 0 saturated carbocycles. The summed E-state index contributed by atoms with van der Waals surface area (Å²) in [5.41, 5.74) is 1.18. The normalized spacial score (nSPS) is 19.4. The van der Waals surface area contributed by atoms with Crippen LogP contribution in [-0.2, 0) is 16.0 Å². The van der Waals surface area contributed by atoms with Gasteiger partial charge >= 0.3 is 6.09 Å². The summed E-state index contributed by atoms with van der Waals surface area (Å²) in [5, 5.41) is 0. The quantitative estimate of drug-likeness (QED) is 0.855. The molecule has 0 unspecified atom stereocenters. The molecule has 2 aliphatic heterocycles. The molecule has 0 N–H and O–H groups in total. The molecule has 2 fully saturated rings. The maximum Gasteiger partial charge on any atom is 0.415 e. The number of anilines is 1. The molecule has 3 heterocycles. The number of pyridine rings is 1. The van der Waals surface area contributed by atoms with Crippen molar-refractivity contribution < 1.29 is 14.3 Å². The summed E-state index contributed by atoms with van der Waals surface area (Å²) >= 11 is 0. The van der Waals surface area contributed by atoms with E-state index in [2.05, 4.69) is 4.98 Å². The zero-order chi connectivity index (χ0) is 15.5. The van der Waals surface area contributed by atoms with Crippen LogP contribution in [0.1, 0.15) is 25.3 Å². The molecule has 0 aromatic carbocycles. The van der Waals surface area contributed by atoms with Crippen LogP contribution >= 0.6 is 0 Å². The van der Waals surface area contributed by atoms with Gasteiger partial charge in [0.1, 0.15) is 12.4 Å². The van der Waals surface area contributed by atoms with E-state index in [1.54, 1.807) is 11.8 Å². The number of rotatable bonds is 3. The zero-order valence-electron chi connectivity index (χ0n) is 12.8. The van der Waals surface area contributed by atoms with Crippen LogP contribution in [0.15, 0.2) is 18.3 Å². The molecule has 0 aliphatic carbocycles. The molecule has 0 atom stereocenters. The highest BCUT2D eigenvalue weighted by Crippen LogP contribution is 2.23. The SMILES string of the molecule is CC(=O)N1CCC(Cc2ccc(N3CCOC3=O)nc2)CC1. The Hall–Kier alpha value is -2.11. The average Bonchev–Trinajstić information content (AvgIpc) is 2.95. The van der Waals surface area contributed by atoms with Crippen molar-refractivity contribution in [1.29, 1.82) is 0 Å². The van der Waals surface area contributed by atoms with Gasteiger partial charge in [-0.15, -0.1) is 0 Å². The molecule has 2 amide bonds. The van der Waals surface area contributed by atoms with Gasteiger partial charge in [0.25, 0.3) is 0 Å². The van der Waals surface area contributed by atoms with Crippen LogP contribution in [0, 0.1) is 5.92 Å². The van der Waals surface area contributed by atoms with Gasteiger partial charge in [-0.1, -0.05) is 6.07 Å². The minimum Gasteiger partial charge on any atom is -0.447 e. The first-order chi connectivity index (χ1) is 10.6. The van der Waals surface area contributed by atoms with Crippen molar-refractivity contribution in [2.24, 2.45) is 5.92 Å². The lowest BCUT2D eigenvalue weighted by Crippen LogP contribution is -2.37. The Bertz CT molecular complexity index is 550. The highest BCUT2D eigenvalue weighted by atomic mass is 16.6. The van der Waals surface area contributed by atoms with Gasteiger partial charge in [-0.2, -0.15) is 0 Å². The summed E-state index contributed by atoms with van der Waals surface area (Å²) in [6.07, 6.45) is 4.58. The van der Waals surface area contributed by atoms with E-state index < -0.39 is 0 Å². The molecule has 3 rings (SSSR count). The van der Waals surface area contributed by atoms with Crippen LogP contribution in [0.3, 0.4) is 0 Å². The molecule has 0 spiro atoms. The van der Waals surface area contributed by atoms with Crippen molar-refractivity contribution in [3.05, 3.63) is 23.9 Å². The summed E-state index contributed by atoms with van der Waals surface area (Å²) in [6.45, 7) is 4.33. The lowest BCUT2D eigenvalue weighted by molar-refractivity contribution is -0.130. The number of ether oxygens (including phenoxy) is 1. The van der Waals surface area contributed by atoms with E-state index in [4.69, 9.17) is 4.74 Å². The summed E-state index contributed by atoms with van der Waals surface area (Å²) in [7, 11) is 0. The lowest BCUT2D eigenvalue weighted by atomic mass is 9.91. The molecule has 1 aromatic rings. The van der Waals surface area contributed by atoms with Crippen LogP contribution in [0.25, 0.3) is 0 Å². The molecule has 6 heteroatoms. The third-order valence-electron chi connectivity index (χ3n) is 4.43. The Morgan fingerprint density at radius 2 is 2.09 bits per heavy atom. The topological polar surface area (TPSA) is 62.7 Å². The van der Waals surface area contributed by atoms with E-state index in [9.17, 15) is 9.59 Å². The van der Waals surface area contributed by atoms with Gasteiger partial charge in [0.05, 0.1) is 6.54 Å². The molecule has 2 saturated heterocycles. The van der Waals surface area contributed by atoms with Crippen LogP contribution in [0.5, 0.6) is 0 Å². The van der Waals surface area contributed by atoms with Crippen molar-refractivity contribution >= 4 is 17.8 Å². The number of carbonyl (C=O) groups is 2. The fraction of sp³-hybridized carbons (Fsp3) is 0.562. The first-order valence-corrected chi connectivity index (χ1v) is 7.78. The van der Waals surface area contributed by atoms with Gasteiger partial charge < -0.3 is 9.64 Å². The predicted molar refractivity (Wildman–Crippen MR) is 81.6 cm³/mol. The number of nitrogens with zero attached hydrogens (tertiary/aromatic N) is 3. The molecule has 118 valence electrons. The number of hydrogen-bond donors (Lipinski definition) is 0. The molecule has 0 radical (unpaired) electrons. The number of amides is 2. The van der Waals surface area contributed by atoms with Gasteiger partial charge in [-0.05, 0) is 36.8 Å². The van der Waals surface area contributed by atoms with Crippen LogP contribution < -0.4 is 4.90 Å². The first kappa shape index (κ1) is 14.8. The summed E-state index contributed by atoms with van der Waals surface area (Å²) < 4.78 is 4.92. The third kappa shape index (κ3) is 3.21. The number of carbonyl (C=O) groups excluding carboxylic acids is 2. The van der Waals surface area contributed by atoms with Crippen LogP contribution in [0.4, 0.5) is 10.6 Å². The van der Waals surface area contributed by atoms with Crippen LogP contribution in [-0.4, -0.2) is 48.1 Å². The van der Waals surface area contributed by atoms with Crippen molar-refractivity contribution in [2.45, 2.75) is 26.2 Å². The molecular formula is C16H21N3O3. The standard InChI is InChI=1S/C16H21N3O3/c1-12(20)18-6-4-13(5-7-18)10-14-2-3-15(17-11-14)19-8-9-22-16(19)21/h2-3,11,13H,4-10H2,1H3. The van der Waals surface area contributed by atoms with Crippen molar-refractivity contribution in [2.75, 3.05) is 31.1 Å². The molecule has 6 nitrogen and oxygen atoms in total. The summed E-state index contributed by atoms with van der Waals surface area (Å²) in [6, 6.07) is 3.91. The van der Waals surface area contributed by atoms with E-state index in [1.165, 1.54) is 5.56 Å². The van der Waals surface area contributed by atoms with E-state index in [1.807, 2.05) is 23.2 Å². The second-order valence-corrected chi connectivity index (χ2v) is 5.94. The van der Waals surface area contributed by atoms with Gasteiger partial charge in [0, 0.05) is 26.2 Å². The second-order valence-electron chi connectivity index (χ2n) is 5.94. The Balaban J connectivity index is 1.55. The number of likely N-dealkylation sites (tertiary alicyclic amines) is 1. The fourth-order valence-corrected chi connectivity index (χ4v) is 3.08. The minimum absolute atomic E-state index is 0.168. The average molecular weight is 303 g/mol. The zero-order valence-corrected chi connectivity index (χ0v) is 12.8. The Labute approximate surface area is 130 Å². The first-order valence-electron chi connectivity index (χ1n) is 7.78. The van der Waals surface area contributed by atoms with E-state index in [0.717, 1.165) is 32.4 Å². The number of aromatic nitrogens is 1. The third-order valence-corrected chi connectivity index (χ3v) is 4.43. The molecule has 0 bridgehead atoms. The van der Waals surface area contributed by atoms with Crippen molar-refractivity contribution in [3.63, 3.8) is 0 Å². The smallest absolute Gasteiger partial charge is 0.415 e. The fourth-order valence-electron chi connectivity index (χ4n) is 3.08. The van der Waals surface area contributed by atoms with E-state index in [-0.39, 0.29) is 12.0 Å². The molecular weight excluding hydrogens is 282 g/mol. The maximum absolute atomic E-state index is 11.5. The summed E-state index contributed by atoms with van der Waals surface area (Å²) in [4.78, 5) is 30.7. The molecule has 1 aromatic heterocycles. The van der Waals surface area contributed by atoms with Gasteiger partial charge in [0.15, 0.2) is 0 Å². The lowest BCUT2D eigenvalue weighted by Gasteiger charge is -2.31. The van der Waals surface area contributed by atoms with E-state index in [0.29, 0.717) is 24.9 Å². The monoisotopic (exact) mass is 303 g/mol. The largest absolute Gasteiger partial charge is 0.447 e. The van der Waals surface area contributed by atoms with Crippen molar-refractivity contribution in [3.8, 4) is 0 Å². The second kappa shape index (κ2) is 6.34. The number of piperidine rings is 1. The molecule has 2 aliphatic rings. The minimum atomic E-state index is -0.322. The Morgan fingerprint density at radius 1 is 1.32 bits per heavy atom. The van der Waals surface area contributed by atoms with E-state index >= 15 is 0 Å². The van der Waals surface area contributed by atoms with Gasteiger partial charge in [0.2, 0.25) is 5.91 Å². The van der Waals surface area contributed by atoms with Gasteiger partial charge in [-0.25, -0.2) is 9.78 Å². The Morgan fingerprint density at radius 3 is 2.64 bits per heavy atom. The number of hydrogen-bond acceptors (Lipinski definition) is 4. The Kier molecular flexibility index (Phi) is 4.27.